The molecule has 0 saturated heterocycles. The summed E-state index contributed by atoms with van der Waals surface area (Å²) in [5, 5.41) is 12.9. The molecular weight excluding hydrogens is 206 g/mol. The third-order valence-electron chi connectivity index (χ3n) is 2.22. The van der Waals surface area contributed by atoms with E-state index in [9.17, 15) is 4.79 Å². The zero-order valence-corrected chi connectivity index (χ0v) is 8.79. The Morgan fingerprint density at radius 1 is 1.56 bits per heavy atom. The van der Waals surface area contributed by atoms with Crippen molar-refractivity contribution in [3.63, 3.8) is 0 Å². The Labute approximate surface area is 92.4 Å². The summed E-state index contributed by atoms with van der Waals surface area (Å²) in [4.78, 5) is 14.6. The highest BCUT2D eigenvalue weighted by Crippen LogP contribution is 2.17. The molecule has 0 fully saturated rings. The molecule has 2 rings (SSSR count). The van der Waals surface area contributed by atoms with Crippen LogP contribution in [0, 0.1) is 6.92 Å². The van der Waals surface area contributed by atoms with Crippen molar-refractivity contribution in [1.29, 1.82) is 0 Å². The van der Waals surface area contributed by atoms with Crippen molar-refractivity contribution in [1.82, 2.24) is 14.8 Å². The molecule has 1 N–H and O–H groups in total. The molecular formula is C11H11N3O2. The van der Waals surface area contributed by atoms with E-state index in [1.54, 1.807) is 12.4 Å². The third kappa shape index (κ3) is 2.08. The fourth-order valence-corrected chi connectivity index (χ4v) is 1.45. The van der Waals surface area contributed by atoms with Gasteiger partial charge in [-0.3, -0.25) is 14.5 Å². The Balaban J connectivity index is 2.34. The molecule has 0 atom stereocenters. The standard InChI is InChI=1S/C11H11N3O2/c1-8-5-10(9-3-2-4-12-6-9)13-14(8)7-11(15)16/h2-6H,7H2,1H3,(H,15,16). The first kappa shape index (κ1) is 10.4. The molecule has 16 heavy (non-hydrogen) atoms. The quantitative estimate of drug-likeness (QED) is 0.842. The van der Waals surface area contributed by atoms with Crippen LogP contribution in [-0.2, 0) is 11.3 Å². The van der Waals surface area contributed by atoms with Crippen LogP contribution in [0.3, 0.4) is 0 Å². The van der Waals surface area contributed by atoms with Gasteiger partial charge in [0.25, 0.3) is 0 Å². The lowest BCUT2D eigenvalue weighted by Gasteiger charge is -1.98. The Morgan fingerprint density at radius 3 is 3.00 bits per heavy atom. The van der Waals surface area contributed by atoms with Crippen molar-refractivity contribution in [2.45, 2.75) is 13.5 Å². The van der Waals surface area contributed by atoms with Gasteiger partial charge < -0.3 is 5.11 Å². The predicted molar refractivity (Wildman–Crippen MR) is 57.8 cm³/mol. The molecule has 2 aromatic rings. The van der Waals surface area contributed by atoms with Gasteiger partial charge in [0.05, 0.1) is 5.69 Å². The van der Waals surface area contributed by atoms with E-state index in [4.69, 9.17) is 5.11 Å². The zero-order chi connectivity index (χ0) is 11.5. The number of hydrogen-bond acceptors (Lipinski definition) is 3. The first-order chi connectivity index (χ1) is 7.66. The van der Waals surface area contributed by atoms with E-state index in [1.165, 1.54) is 4.68 Å². The largest absolute Gasteiger partial charge is 0.480 e. The number of carboxylic acid groups (broad SMARTS) is 1. The van der Waals surface area contributed by atoms with E-state index < -0.39 is 5.97 Å². The van der Waals surface area contributed by atoms with Gasteiger partial charge in [-0.1, -0.05) is 0 Å². The van der Waals surface area contributed by atoms with E-state index in [2.05, 4.69) is 10.1 Å². The van der Waals surface area contributed by atoms with E-state index in [0.717, 1.165) is 17.0 Å². The third-order valence-corrected chi connectivity index (χ3v) is 2.22. The minimum atomic E-state index is -0.899. The number of nitrogens with zero attached hydrogens (tertiary/aromatic N) is 3. The van der Waals surface area contributed by atoms with E-state index in [1.807, 2.05) is 25.1 Å². The SMILES string of the molecule is Cc1cc(-c2cccnc2)nn1CC(=O)O. The van der Waals surface area contributed by atoms with Gasteiger partial charge in [0.2, 0.25) is 0 Å². The highest BCUT2D eigenvalue weighted by Gasteiger charge is 2.08. The average molecular weight is 217 g/mol. The molecule has 0 amide bonds. The number of carbonyl (C=O) groups is 1. The van der Waals surface area contributed by atoms with Crippen LogP contribution in [0.4, 0.5) is 0 Å². The van der Waals surface area contributed by atoms with Gasteiger partial charge in [0.15, 0.2) is 0 Å². The van der Waals surface area contributed by atoms with Crippen LogP contribution in [0.15, 0.2) is 30.6 Å². The maximum Gasteiger partial charge on any atom is 0.325 e. The molecule has 82 valence electrons. The van der Waals surface area contributed by atoms with Crippen molar-refractivity contribution in [2.24, 2.45) is 0 Å². The number of rotatable bonds is 3. The Kier molecular flexibility index (Phi) is 2.68. The van der Waals surface area contributed by atoms with Crippen molar-refractivity contribution < 1.29 is 9.90 Å². The second-order valence-corrected chi connectivity index (χ2v) is 3.46. The molecule has 2 aromatic heterocycles. The number of aliphatic carboxylic acids is 1. The normalized spacial score (nSPS) is 10.3. The molecule has 5 heteroatoms. The van der Waals surface area contributed by atoms with Crippen LogP contribution in [0.25, 0.3) is 11.3 Å². The monoisotopic (exact) mass is 217 g/mol. The van der Waals surface area contributed by atoms with Gasteiger partial charge in [-0.15, -0.1) is 0 Å². The Bertz CT molecular complexity index is 505. The number of aryl methyl sites for hydroxylation is 1. The van der Waals surface area contributed by atoms with Gasteiger partial charge in [0, 0.05) is 23.7 Å². The maximum absolute atomic E-state index is 10.6. The number of hydrogen-bond donors (Lipinski definition) is 1. The topological polar surface area (TPSA) is 68.0 Å². The summed E-state index contributed by atoms with van der Waals surface area (Å²) in [6, 6.07) is 5.56. The van der Waals surface area contributed by atoms with Crippen LogP contribution in [0.1, 0.15) is 5.69 Å². The van der Waals surface area contributed by atoms with Crippen molar-refractivity contribution >= 4 is 5.97 Å². The highest BCUT2D eigenvalue weighted by molar-refractivity contribution is 5.67. The van der Waals surface area contributed by atoms with E-state index in [-0.39, 0.29) is 6.54 Å². The molecule has 0 aliphatic rings. The Morgan fingerprint density at radius 2 is 2.38 bits per heavy atom. The smallest absolute Gasteiger partial charge is 0.325 e. The van der Waals surface area contributed by atoms with Gasteiger partial charge in [-0.2, -0.15) is 5.10 Å². The summed E-state index contributed by atoms with van der Waals surface area (Å²) in [7, 11) is 0. The number of pyridine rings is 1. The zero-order valence-electron chi connectivity index (χ0n) is 8.79. The summed E-state index contributed by atoms with van der Waals surface area (Å²) in [6.07, 6.45) is 3.39. The number of aromatic nitrogens is 3. The van der Waals surface area contributed by atoms with Gasteiger partial charge in [0.1, 0.15) is 6.54 Å². The second-order valence-electron chi connectivity index (χ2n) is 3.46. The summed E-state index contributed by atoms with van der Waals surface area (Å²) in [5.41, 5.74) is 2.45. The molecule has 0 bridgehead atoms. The fraction of sp³-hybridized carbons (Fsp3) is 0.182. The molecule has 0 aliphatic carbocycles. The minimum absolute atomic E-state index is 0.119. The lowest BCUT2D eigenvalue weighted by atomic mass is 10.2. The second kappa shape index (κ2) is 4.14. The van der Waals surface area contributed by atoms with Gasteiger partial charge in [-0.25, -0.2) is 0 Å². The van der Waals surface area contributed by atoms with Crippen LogP contribution < -0.4 is 0 Å². The first-order valence-corrected chi connectivity index (χ1v) is 4.83. The molecule has 5 nitrogen and oxygen atoms in total. The molecule has 0 aromatic carbocycles. The van der Waals surface area contributed by atoms with E-state index in [0.29, 0.717) is 0 Å². The van der Waals surface area contributed by atoms with Crippen molar-refractivity contribution in [3.8, 4) is 11.3 Å². The highest BCUT2D eigenvalue weighted by atomic mass is 16.4. The Hall–Kier alpha value is -2.17. The molecule has 0 aliphatic heterocycles. The predicted octanol–water partition coefficient (Wildman–Crippen LogP) is 1.34. The van der Waals surface area contributed by atoms with Gasteiger partial charge in [-0.05, 0) is 25.1 Å². The van der Waals surface area contributed by atoms with Gasteiger partial charge >= 0.3 is 5.97 Å². The van der Waals surface area contributed by atoms with Crippen molar-refractivity contribution in [2.75, 3.05) is 0 Å². The lowest BCUT2D eigenvalue weighted by molar-refractivity contribution is -0.137. The first-order valence-electron chi connectivity index (χ1n) is 4.83. The fourth-order valence-electron chi connectivity index (χ4n) is 1.45. The maximum atomic E-state index is 10.6. The molecule has 0 saturated carbocycles. The van der Waals surface area contributed by atoms with E-state index >= 15 is 0 Å². The lowest BCUT2D eigenvalue weighted by Crippen LogP contribution is -2.11. The van der Waals surface area contributed by atoms with Crippen LogP contribution in [0.2, 0.25) is 0 Å². The van der Waals surface area contributed by atoms with Crippen LogP contribution in [-0.4, -0.2) is 25.8 Å². The molecule has 0 radical (unpaired) electrons. The molecule has 0 spiro atoms. The summed E-state index contributed by atoms with van der Waals surface area (Å²) < 4.78 is 1.46. The summed E-state index contributed by atoms with van der Waals surface area (Å²) in [6.45, 7) is 1.71. The van der Waals surface area contributed by atoms with Crippen LogP contribution >= 0.6 is 0 Å². The minimum Gasteiger partial charge on any atom is -0.480 e. The summed E-state index contributed by atoms with van der Waals surface area (Å²) in [5.74, 6) is -0.899. The average Bonchev–Trinajstić information content (AvgIpc) is 2.61. The van der Waals surface area contributed by atoms with Crippen molar-refractivity contribution in [3.05, 3.63) is 36.3 Å². The summed E-state index contributed by atoms with van der Waals surface area (Å²) >= 11 is 0. The molecule has 2 heterocycles. The molecule has 0 unspecified atom stereocenters. The number of carboxylic acids is 1. The van der Waals surface area contributed by atoms with Crippen LogP contribution in [0.5, 0.6) is 0 Å².